The van der Waals surface area contributed by atoms with Gasteiger partial charge in [-0.25, -0.2) is 0 Å². The standard InChI is InChI=1S/C13H16N2O4S.C10H14ClN/c16-20(17,18)12-1-2-13-11(7-12)8-14-15(13)9-10-3-5-19-6-4-10;1-8(2)7-12-10-5-3-4-9(11)6-10/h1-2,7-8,10H,3-6,9H2,(H,16,17,18);3-6,8,12H,7H2,1-2H3. The molecular weight excluding hydrogens is 450 g/mol. The number of benzene rings is 2. The SMILES string of the molecule is CC(C)CNc1cccc(Cl)c1.O=S(=O)(O)c1ccc2c(cnn2CC2CCOCC2)c1. The molecule has 0 spiro atoms. The number of nitrogens with one attached hydrogen (secondary N) is 1. The zero-order chi connectivity index (χ0) is 23.1. The first-order chi connectivity index (χ1) is 15.2. The molecule has 1 aliphatic heterocycles. The third-order valence-electron chi connectivity index (χ3n) is 5.22. The van der Waals surface area contributed by atoms with E-state index in [4.69, 9.17) is 20.9 Å². The topological polar surface area (TPSA) is 93.5 Å². The summed E-state index contributed by atoms with van der Waals surface area (Å²) >= 11 is 5.82. The molecule has 2 heterocycles. The van der Waals surface area contributed by atoms with Gasteiger partial charge in [0.25, 0.3) is 10.1 Å². The van der Waals surface area contributed by atoms with Gasteiger partial charge in [0.2, 0.25) is 0 Å². The zero-order valence-electron chi connectivity index (χ0n) is 18.4. The first-order valence-electron chi connectivity index (χ1n) is 10.7. The Labute approximate surface area is 194 Å². The summed E-state index contributed by atoms with van der Waals surface area (Å²) in [7, 11) is -4.17. The quantitative estimate of drug-likeness (QED) is 0.477. The maximum atomic E-state index is 11.1. The van der Waals surface area contributed by atoms with Crippen molar-refractivity contribution in [3.05, 3.63) is 53.7 Å². The van der Waals surface area contributed by atoms with Crippen molar-refractivity contribution in [3.63, 3.8) is 0 Å². The molecule has 9 heteroatoms. The van der Waals surface area contributed by atoms with Gasteiger partial charge in [-0.05, 0) is 61.1 Å². The molecule has 0 saturated carbocycles. The summed E-state index contributed by atoms with van der Waals surface area (Å²) < 4.78 is 38.5. The Kier molecular flexibility index (Phi) is 8.53. The summed E-state index contributed by atoms with van der Waals surface area (Å²) in [4.78, 5) is -0.101. The molecule has 1 fully saturated rings. The van der Waals surface area contributed by atoms with E-state index in [1.165, 1.54) is 12.1 Å². The van der Waals surface area contributed by atoms with Gasteiger partial charge in [-0.2, -0.15) is 13.5 Å². The lowest BCUT2D eigenvalue weighted by Crippen LogP contribution is -2.20. The van der Waals surface area contributed by atoms with E-state index in [-0.39, 0.29) is 4.90 Å². The molecule has 7 nitrogen and oxygen atoms in total. The number of ether oxygens (including phenoxy) is 1. The van der Waals surface area contributed by atoms with E-state index >= 15 is 0 Å². The van der Waals surface area contributed by atoms with E-state index < -0.39 is 10.1 Å². The molecule has 0 amide bonds. The Morgan fingerprint density at radius 2 is 1.97 bits per heavy atom. The van der Waals surface area contributed by atoms with Crippen LogP contribution in [-0.4, -0.2) is 42.5 Å². The van der Waals surface area contributed by atoms with E-state index in [0.29, 0.717) is 17.2 Å². The molecule has 2 aromatic carbocycles. The molecule has 1 aromatic heterocycles. The largest absolute Gasteiger partial charge is 0.385 e. The number of aromatic nitrogens is 2. The summed E-state index contributed by atoms with van der Waals surface area (Å²) in [5, 5.41) is 9.11. The fraction of sp³-hybridized carbons (Fsp3) is 0.435. The minimum absolute atomic E-state index is 0.101. The Morgan fingerprint density at radius 1 is 1.22 bits per heavy atom. The lowest BCUT2D eigenvalue weighted by Gasteiger charge is -2.22. The van der Waals surface area contributed by atoms with Gasteiger partial charge in [-0.1, -0.05) is 31.5 Å². The van der Waals surface area contributed by atoms with Gasteiger partial charge in [0.05, 0.1) is 16.6 Å². The fourth-order valence-electron chi connectivity index (χ4n) is 3.47. The van der Waals surface area contributed by atoms with Gasteiger partial charge in [-0.15, -0.1) is 0 Å². The van der Waals surface area contributed by atoms with Crippen LogP contribution in [0.4, 0.5) is 5.69 Å². The van der Waals surface area contributed by atoms with Crippen molar-refractivity contribution >= 4 is 38.3 Å². The van der Waals surface area contributed by atoms with Crippen molar-refractivity contribution in [1.29, 1.82) is 0 Å². The van der Waals surface area contributed by atoms with Crippen LogP contribution in [0.15, 0.2) is 53.6 Å². The predicted octanol–water partition coefficient (Wildman–Crippen LogP) is 5.12. The molecule has 32 heavy (non-hydrogen) atoms. The maximum Gasteiger partial charge on any atom is 0.294 e. The number of hydrogen-bond donors (Lipinski definition) is 2. The highest BCUT2D eigenvalue weighted by Crippen LogP contribution is 2.22. The third kappa shape index (κ3) is 7.20. The minimum Gasteiger partial charge on any atom is -0.385 e. The lowest BCUT2D eigenvalue weighted by molar-refractivity contribution is 0.0605. The average Bonchev–Trinajstić information content (AvgIpc) is 3.15. The molecule has 1 saturated heterocycles. The Hall–Kier alpha value is -2.13. The number of fused-ring (bicyclic) bond motifs is 1. The highest BCUT2D eigenvalue weighted by Gasteiger charge is 2.17. The van der Waals surface area contributed by atoms with E-state index in [1.54, 1.807) is 12.3 Å². The molecule has 2 N–H and O–H groups in total. The monoisotopic (exact) mass is 479 g/mol. The normalized spacial score (nSPS) is 14.9. The second kappa shape index (κ2) is 11.1. The van der Waals surface area contributed by atoms with Gasteiger partial charge in [0.1, 0.15) is 0 Å². The fourth-order valence-corrected chi connectivity index (χ4v) is 4.17. The number of anilines is 1. The van der Waals surface area contributed by atoms with Crippen LogP contribution in [0.25, 0.3) is 10.9 Å². The Bertz CT molecular complexity index is 1130. The van der Waals surface area contributed by atoms with Crippen molar-refractivity contribution in [2.24, 2.45) is 11.8 Å². The van der Waals surface area contributed by atoms with Crippen LogP contribution in [0, 0.1) is 11.8 Å². The minimum atomic E-state index is -4.17. The Balaban J connectivity index is 0.000000207. The second-order valence-corrected chi connectivity index (χ2v) is 10.2. The molecule has 1 aliphatic rings. The summed E-state index contributed by atoms with van der Waals surface area (Å²) in [6.07, 6.45) is 3.66. The maximum absolute atomic E-state index is 11.1. The highest BCUT2D eigenvalue weighted by atomic mass is 35.5. The van der Waals surface area contributed by atoms with E-state index in [1.807, 2.05) is 28.9 Å². The van der Waals surface area contributed by atoms with Crippen molar-refractivity contribution in [2.45, 2.75) is 38.1 Å². The molecule has 4 rings (SSSR count). The van der Waals surface area contributed by atoms with Crippen LogP contribution in [-0.2, 0) is 21.4 Å². The lowest BCUT2D eigenvalue weighted by atomic mass is 10.0. The zero-order valence-corrected chi connectivity index (χ0v) is 19.9. The summed E-state index contributed by atoms with van der Waals surface area (Å²) in [6, 6.07) is 12.3. The summed E-state index contributed by atoms with van der Waals surface area (Å²) in [5.41, 5.74) is 1.97. The molecule has 3 aromatic rings. The highest BCUT2D eigenvalue weighted by molar-refractivity contribution is 7.85. The summed E-state index contributed by atoms with van der Waals surface area (Å²) in [6.45, 7) is 7.72. The molecule has 0 atom stereocenters. The van der Waals surface area contributed by atoms with Crippen LogP contribution < -0.4 is 5.32 Å². The van der Waals surface area contributed by atoms with E-state index in [9.17, 15) is 8.42 Å². The van der Waals surface area contributed by atoms with Gasteiger partial charge in [0.15, 0.2) is 0 Å². The molecule has 0 aliphatic carbocycles. The van der Waals surface area contributed by atoms with E-state index in [0.717, 1.165) is 55.4 Å². The molecule has 174 valence electrons. The van der Waals surface area contributed by atoms with Crippen LogP contribution in [0.5, 0.6) is 0 Å². The molecular formula is C23H30ClN3O4S. The van der Waals surface area contributed by atoms with Crippen LogP contribution in [0.2, 0.25) is 5.02 Å². The number of rotatable bonds is 6. The molecule has 0 unspecified atom stereocenters. The van der Waals surface area contributed by atoms with Crippen molar-refractivity contribution in [2.75, 3.05) is 25.1 Å². The third-order valence-corrected chi connectivity index (χ3v) is 6.31. The van der Waals surface area contributed by atoms with Gasteiger partial charge in [0, 0.05) is 42.4 Å². The second-order valence-electron chi connectivity index (χ2n) is 8.36. The van der Waals surface area contributed by atoms with Crippen LogP contribution in [0.3, 0.4) is 0 Å². The number of hydrogen-bond acceptors (Lipinski definition) is 5. The number of halogens is 1. The van der Waals surface area contributed by atoms with Crippen molar-refractivity contribution in [1.82, 2.24) is 9.78 Å². The van der Waals surface area contributed by atoms with Gasteiger partial charge < -0.3 is 10.1 Å². The average molecular weight is 480 g/mol. The smallest absolute Gasteiger partial charge is 0.294 e. The first kappa shape index (κ1) is 24.5. The van der Waals surface area contributed by atoms with Gasteiger partial charge >= 0.3 is 0 Å². The van der Waals surface area contributed by atoms with Crippen molar-refractivity contribution < 1.29 is 17.7 Å². The first-order valence-corrected chi connectivity index (χ1v) is 12.5. The summed E-state index contributed by atoms with van der Waals surface area (Å²) in [5.74, 6) is 1.19. The van der Waals surface area contributed by atoms with Crippen molar-refractivity contribution in [3.8, 4) is 0 Å². The predicted molar refractivity (Wildman–Crippen MR) is 128 cm³/mol. The van der Waals surface area contributed by atoms with Gasteiger partial charge in [-0.3, -0.25) is 9.23 Å². The van der Waals surface area contributed by atoms with E-state index in [2.05, 4.69) is 24.3 Å². The molecule has 0 bridgehead atoms. The Morgan fingerprint density at radius 3 is 2.62 bits per heavy atom. The number of nitrogens with zero attached hydrogens (tertiary/aromatic N) is 2. The van der Waals surface area contributed by atoms with Crippen LogP contribution in [0.1, 0.15) is 26.7 Å². The molecule has 0 radical (unpaired) electrons. The van der Waals surface area contributed by atoms with Crippen LogP contribution >= 0.6 is 11.6 Å².